The quantitative estimate of drug-likeness (QED) is 0.0149. The van der Waals surface area contributed by atoms with Crippen molar-refractivity contribution in [3.05, 3.63) is 90.1 Å². The van der Waals surface area contributed by atoms with Crippen LogP contribution in [0.15, 0.2) is 73.3 Å². The molecule has 30 nitrogen and oxygen atoms in total. The number of aliphatic carboxylic acids is 1. The van der Waals surface area contributed by atoms with Crippen molar-refractivity contribution in [1.29, 1.82) is 10.8 Å². The third kappa shape index (κ3) is 23.5. The number of aromatic nitrogens is 3. The number of hydrogen-bond acceptors (Lipinski definition) is 16. The van der Waals surface area contributed by atoms with E-state index in [9.17, 15) is 53.1 Å². The first-order valence-corrected chi connectivity index (χ1v) is 30.7. The highest BCUT2D eigenvalue weighted by molar-refractivity contribution is 8.76. The van der Waals surface area contributed by atoms with E-state index in [4.69, 9.17) is 28.0 Å². The lowest BCUT2D eigenvalue weighted by atomic mass is 10.0. The molecule has 2 aromatic carbocycles. The fourth-order valence-electron chi connectivity index (χ4n) is 9.11. The van der Waals surface area contributed by atoms with Crippen molar-refractivity contribution < 1.29 is 53.1 Å². The number of guanidine groups is 2. The monoisotopic (exact) mass is 1250 g/mol. The maximum absolute atomic E-state index is 15.0. The highest BCUT2D eigenvalue weighted by Crippen LogP contribution is 2.25. The number of rotatable bonds is 24. The first-order chi connectivity index (χ1) is 41.6. The number of H-pyrrole nitrogens is 2. The number of imidazole rings is 1. The normalized spacial score (nSPS) is 21.0. The van der Waals surface area contributed by atoms with Gasteiger partial charge in [0.2, 0.25) is 53.2 Å². The van der Waals surface area contributed by atoms with Crippen LogP contribution in [0.1, 0.15) is 75.6 Å². The Labute approximate surface area is 509 Å². The van der Waals surface area contributed by atoms with Gasteiger partial charge in [-0.1, -0.05) is 70.1 Å². The first kappa shape index (κ1) is 68.9. The lowest BCUT2D eigenvalue weighted by Crippen LogP contribution is -2.61. The predicted molar refractivity (Wildman–Crippen MR) is 327 cm³/mol. The highest BCUT2D eigenvalue weighted by Gasteiger charge is 2.36. The van der Waals surface area contributed by atoms with E-state index in [0.29, 0.717) is 40.6 Å². The molecule has 4 aromatic rings. The van der Waals surface area contributed by atoms with E-state index in [1.807, 2.05) is 0 Å². The lowest BCUT2D eigenvalue weighted by molar-refractivity contribution is -0.142. The minimum atomic E-state index is -1.54. The van der Waals surface area contributed by atoms with E-state index in [1.54, 1.807) is 60.8 Å². The van der Waals surface area contributed by atoms with Crippen molar-refractivity contribution in [3.63, 3.8) is 0 Å². The summed E-state index contributed by atoms with van der Waals surface area (Å²) in [5, 5.41) is 55.3. The summed E-state index contributed by atoms with van der Waals surface area (Å²) in [5.74, 6) is -10.3. The number of para-hydroxylation sites is 1. The summed E-state index contributed by atoms with van der Waals surface area (Å²) < 4.78 is 0. The molecule has 9 atom stereocenters. The Balaban J connectivity index is 1.62. The number of aromatic amines is 2. The molecule has 0 aliphatic carbocycles. The van der Waals surface area contributed by atoms with Crippen molar-refractivity contribution in [2.45, 2.75) is 132 Å². The van der Waals surface area contributed by atoms with Gasteiger partial charge in [0.05, 0.1) is 12.0 Å². The van der Waals surface area contributed by atoms with E-state index in [0.717, 1.165) is 21.6 Å². The zero-order chi connectivity index (χ0) is 63.4. The molecule has 0 bridgehead atoms. The Bertz CT molecular complexity index is 3010. The van der Waals surface area contributed by atoms with E-state index in [2.05, 4.69) is 73.4 Å². The predicted octanol–water partition coefficient (Wildman–Crippen LogP) is -2.54. The summed E-state index contributed by atoms with van der Waals surface area (Å²) in [5.41, 5.74) is 18.8. The van der Waals surface area contributed by atoms with Gasteiger partial charge < -0.3 is 90.8 Å². The largest absolute Gasteiger partial charge is 0.480 e. The fourth-order valence-corrected chi connectivity index (χ4v) is 11.4. The van der Waals surface area contributed by atoms with Crippen molar-refractivity contribution >= 4 is 104 Å². The third-order valence-electron chi connectivity index (χ3n) is 13.7. The molecular formula is C55H79N19O11S2. The molecule has 87 heavy (non-hydrogen) atoms. The summed E-state index contributed by atoms with van der Waals surface area (Å²) in [4.78, 5) is 151. The van der Waals surface area contributed by atoms with Gasteiger partial charge in [0.15, 0.2) is 11.9 Å². The van der Waals surface area contributed by atoms with Crippen LogP contribution < -0.4 is 75.7 Å². The smallest absolute Gasteiger partial charge is 0.326 e. The van der Waals surface area contributed by atoms with E-state index < -0.39 is 114 Å². The lowest BCUT2D eigenvalue weighted by Gasteiger charge is -2.28. The first-order valence-electron chi connectivity index (χ1n) is 28.2. The number of carbonyl (C=O) groups excluding carboxylic acids is 9. The Morgan fingerprint density at radius 3 is 1.93 bits per heavy atom. The van der Waals surface area contributed by atoms with Gasteiger partial charge in [-0.25, -0.2) is 9.78 Å². The maximum Gasteiger partial charge on any atom is 0.326 e. The second-order valence-electron chi connectivity index (χ2n) is 20.6. The molecule has 1 aliphatic rings. The molecule has 1 saturated heterocycles. The number of unbranched alkanes of at least 4 members (excludes halogenated alkanes) is 1. The Morgan fingerprint density at radius 1 is 0.678 bits per heavy atom. The van der Waals surface area contributed by atoms with Crippen molar-refractivity contribution in [3.8, 4) is 0 Å². The van der Waals surface area contributed by atoms with Crippen LogP contribution in [-0.4, -0.2) is 177 Å². The van der Waals surface area contributed by atoms with E-state index in [1.165, 1.54) is 26.4 Å². The summed E-state index contributed by atoms with van der Waals surface area (Å²) in [7, 11) is 1.88. The number of carbonyl (C=O) groups is 10. The summed E-state index contributed by atoms with van der Waals surface area (Å²) in [6, 6.07) is 2.85. The van der Waals surface area contributed by atoms with Gasteiger partial charge in [-0.2, -0.15) is 0 Å². The van der Waals surface area contributed by atoms with Crippen molar-refractivity contribution in [2.75, 3.05) is 31.1 Å². The molecule has 3 heterocycles. The van der Waals surface area contributed by atoms with Gasteiger partial charge in [-0.05, 0) is 75.6 Å². The number of nitrogens with two attached hydrogens (primary N) is 3. The summed E-state index contributed by atoms with van der Waals surface area (Å²) in [6.45, 7) is 3.00. The Morgan fingerprint density at radius 2 is 1.28 bits per heavy atom. The van der Waals surface area contributed by atoms with Gasteiger partial charge in [-0.15, -0.1) is 0 Å². The summed E-state index contributed by atoms with van der Waals surface area (Å²) in [6.07, 6.45) is 4.97. The molecule has 0 spiro atoms. The molecule has 472 valence electrons. The second-order valence-corrected chi connectivity index (χ2v) is 23.1. The SMILES string of the molecule is CC(=O)N[C@@H](CCCNC(=N)N)C(=O)N[C@H]1CSSC[C@@H](C(=O)N[C@@H](CCCCN)C(=O)O)NC(=O)[C@H](Cc2c[nH]c3ccccc23)NC(=O)[C@H](CCCNC(=N)N)NC(=O)[C@@H](Cc2ccccc2)NC(=O)[C@H](Cc2c[nH]cn2)NC(=O)[C@@H](C)NC1=O. The standard InChI is InChI=1S/C55H79N19O11S2/c1-30-45(76)70-42(24-34-26-61-29-65-34)50(81)71-40(22-32-12-4-3-5-13-32)48(79)68-38(18-11-21-63-55(59)60)47(78)72-41(23-33-25-64-36-15-7-6-14-35(33)36)49(80)74-44(52(83)69-39(53(84)85)16-8-9-19-56)28-87-86-27-43(51(82)66-30)73-46(77)37(67-31(2)75)17-10-20-62-54(57)58/h3-7,12-15,25-26,29-30,37-44,64H,8-11,16-24,27-28,56H2,1-2H3,(H,61,65)(H,66,82)(H,67,75)(H,68,79)(H,69,83)(H,70,76)(H,71,81)(H,72,78)(H,73,77)(H,74,80)(H,84,85)(H4,57,58,62)(H4,59,60,63)/t30-,37+,38+,39+,40-,41+,42+,43+,44+/m1/s1. The molecule has 0 radical (unpaired) electrons. The molecule has 0 saturated carbocycles. The van der Waals surface area contributed by atoms with E-state index >= 15 is 0 Å². The number of carboxylic acid groups (broad SMARTS) is 1. The van der Waals surface area contributed by atoms with Gasteiger partial charge >= 0.3 is 5.97 Å². The Hall–Kier alpha value is -8.91. The van der Waals surface area contributed by atoms with Crippen LogP contribution in [0.3, 0.4) is 0 Å². The molecule has 22 N–H and O–H groups in total. The van der Waals surface area contributed by atoms with Crippen LogP contribution >= 0.6 is 21.6 Å². The summed E-state index contributed by atoms with van der Waals surface area (Å²) >= 11 is 0. The Kier molecular flexibility index (Phi) is 28.1. The van der Waals surface area contributed by atoms with Gasteiger partial charge in [-0.3, -0.25) is 54.0 Å². The number of benzene rings is 2. The number of amides is 9. The van der Waals surface area contributed by atoms with Crippen LogP contribution in [0.2, 0.25) is 0 Å². The molecule has 1 fully saturated rings. The zero-order valence-corrected chi connectivity index (χ0v) is 49.9. The maximum atomic E-state index is 15.0. The van der Waals surface area contributed by atoms with Crippen molar-refractivity contribution in [2.24, 2.45) is 17.2 Å². The van der Waals surface area contributed by atoms with Gasteiger partial charge in [0.1, 0.15) is 54.4 Å². The molecular weight excluding hydrogens is 1170 g/mol. The molecule has 5 rings (SSSR count). The van der Waals surface area contributed by atoms with Gasteiger partial charge in [0, 0.05) is 74.1 Å². The molecule has 32 heteroatoms. The van der Waals surface area contributed by atoms with Crippen molar-refractivity contribution in [1.82, 2.24) is 73.4 Å². The van der Waals surface area contributed by atoms with Crippen LogP contribution in [0.4, 0.5) is 0 Å². The van der Waals surface area contributed by atoms with Crippen LogP contribution in [0.5, 0.6) is 0 Å². The molecule has 0 unspecified atom stereocenters. The number of nitrogens with one attached hydrogen (secondary N) is 15. The highest BCUT2D eigenvalue weighted by atomic mass is 33.1. The minimum Gasteiger partial charge on any atom is -0.480 e. The fraction of sp³-hybridized carbons (Fsp3) is 0.473. The second kappa shape index (κ2) is 35.5. The topological polar surface area (TPSA) is 493 Å². The minimum absolute atomic E-state index is 0.0184. The van der Waals surface area contributed by atoms with Gasteiger partial charge in [0.25, 0.3) is 0 Å². The number of hydrogen-bond donors (Lipinski definition) is 19. The number of nitrogens with zero attached hydrogens (tertiary/aromatic N) is 1. The molecule has 1 aliphatic heterocycles. The number of carboxylic acids is 1. The molecule has 2 aromatic heterocycles. The number of fused-ring (bicyclic) bond motifs is 1. The average Bonchev–Trinajstić information content (AvgIpc) is 2.66. The third-order valence-corrected chi connectivity index (χ3v) is 16.1. The van der Waals surface area contributed by atoms with Crippen LogP contribution in [0.25, 0.3) is 10.9 Å². The van der Waals surface area contributed by atoms with Crippen LogP contribution in [0, 0.1) is 10.8 Å². The van der Waals surface area contributed by atoms with Crippen LogP contribution in [-0.2, 0) is 67.2 Å². The molecule has 9 amide bonds. The zero-order valence-electron chi connectivity index (χ0n) is 48.3. The average molecular weight is 1250 g/mol. The van der Waals surface area contributed by atoms with E-state index in [-0.39, 0.29) is 94.4 Å².